The lowest BCUT2D eigenvalue weighted by Crippen LogP contribution is -2.14. The smallest absolute Gasteiger partial charge is 0.119 e. The van der Waals surface area contributed by atoms with Gasteiger partial charge in [-0.05, 0) is 151 Å². The maximum Gasteiger partial charge on any atom is 0.119 e. The normalized spacial score (nSPS) is 19.2. The van der Waals surface area contributed by atoms with E-state index < -0.39 is 0 Å². The van der Waals surface area contributed by atoms with Gasteiger partial charge in [0.2, 0.25) is 0 Å². The minimum Gasteiger partial charge on any atom is -0.508 e. The fourth-order valence-corrected chi connectivity index (χ4v) is 9.70. The third-order valence-electron chi connectivity index (χ3n) is 12.2. The first-order valence-electron chi connectivity index (χ1n) is 18.7. The Morgan fingerprint density at radius 1 is 0.574 bits per heavy atom. The van der Waals surface area contributed by atoms with E-state index in [0.717, 1.165) is 78.3 Å². The molecule has 3 nitrogen and oxygen atoms in total. The fraction of sp³-hybridized carbons (Fsp3) is 0.558. The highest BCUT2D eigenvalue weighted by atomic mass is 32.1. The predicted molar refractivity (Wildman–Crippen MR) is 199 cm³/mol. The number of hydrogen-bond donors (Lipinski definition) is 3. The molecule has 1 atom stereocenters. The van der Waals surface area contributed by atoms with Crippen LogP contribution in [0.1, 0.15) is 189 Å². The average Bonchev–Trinajstić information content (AvgIpc) is 3.08. The van der Waals surface area contributed by atoms with Crippen LogP contribution >= 0.6 is 12.2 Å². The Bertz CT molecular complexity index is 1480. The maximum atomic E-state index is 11.3. The van der Waals surface area contributed by atoms with Gasteiger partial charge in [-0.2, -0.15) is 0 Å². The maximum absolute atomic E-state index is 11.3. The molecule has 47 heavy (non-hydrogen) atoms. The number of aryl methyl sites for hydroxylation is 2. The molecule has 3 aromatic carbocycles. The van der Waals surface area contributed by atoms with Crippen molar-refractivity contribution in [2.75, 3.05) is 0 Å². The van der Waals surface area contributed by atoms with Crippen molar-refractivity contribution in [3.05, 3.63) is 86.5 Å². The van der Waals surface area contributed by atoms with E-state index in [1.54, 1.807) is 5.37 Å². The summed E-state index contributed by atoms with van der Waals surface area (Å²) in [7, 11) is 0. The summed E-state index contributed by atoms with van der Waals surface area (Å²) in [6, 6.07) is 12.9. The molecule has 0 aliphatic heterocycles. The molecular weight excluding hydrogens is 597 g/mol. The Morgan fingerprint density at radius 3 is 1.32 bits per heavy atom. The number of rotatable bonds is 9. The zero-order valence-electron chi connectivity index (χ0n) is 29.0. The molecule has 0 saturated heterocycles. The highest BCUT2D eigenvalue weighted by Crippen LogP contribution is 2.47. The molecule has 0 heterocycles. The Kier molecular flexibility index (Phi) is 11.0. The molecule has 0 aromatic heterocycles. The first kappa shape index (κ1) is 34.0. The monoisotopic (exact) mass is 652 g/mol. The summed E-state index contributed by atoms with van der Waals surface area (Å²) in [5, 5.41) is 35.4. The third kappa shape index (κ3) is 7.43. The van der Waals surface area contributed by atoms with Gasteiger partial charge in [-0.15, -0.1) is 0 Å². The number of aromatic hydroxyl groups is 3. The van der Waals surface area contributed by atoms with Crippen molar-refractivity contribution in [3.8, 4) is 17.2 Å². The summed E-state index contributed by atoms with van der Waals surface area (Å²) in [5.74, 6) is 2.73. The van der Waals surface area contributed by atoms with Gasteiger partial charge in [0.05, 0.1) is 0 Å². The Labute approximate surface area is 288 Å². The summed E-state index contributed by atoms with van der Waals surface area (Å²) < 4.78 is 0. The topological polar surface area (TPSA) is 60.7 Å². The van der Waals surface area contributed by atoms with E-state index >= 15 is 0 Å². The first-order chi connectivity index (χ1) is 22.7. The van der Waals surface area contributed by atoms with Crippen molar-refractivity contribution in [2.24, 2.45) is 0 Å². The second-order valence-corrected chi connectivity index (χ2v) is 15.6. The minimum absolute atomic E-state index is 0.0841. The SMILES string of the molecule is Cc1cc(O)c(C2CCCCC2)cc1C(CC(C)c1cc(C2CCCCC2)c(O)cc1C=S)c1cc(C2CCCCC2)c(O)cc1C. The molecule has 6 rings (SSSR count). The van der Waals surface area contributed by atoms with Gasteiger partial charge in [0.15, 0.2) is 0 Å². The largest absolute Gasteiger partial charge is 0.508 e. The second-order valence-electron chi connectivity index (χ2n) is 15.4. The van der Waals surface area contributed by atoms with Gasteiger partial charge >= 0.3 is 0 Å². The van der Waals surface area contributed by atoms with E-state index in [9.17, 15) is 15.3 Å². The molecule has 1 unspecified atom stereocenters. The number of phenolic OH excluding ortho intramolecular Hbond substituents is 3. The molecule has 3 saturated carbocycles. The molecule has 3 aliphatic rings. The van der Waals surface area contributed by atoms with Crippen LogP contribution in [0.3, 0.4) is 0 Å². The summed E-state index contributed by atoms with van der Waals surface area (Å²) >= 11 is 5.54. The van der Waals surface area contributed by atoms with Crippen LogP contribution in [-0.2, 0) is 0 Å². The van der Waals surface area contributed by atoms with Crippen LogP contribution < -0.4 is 0 Å². The van der Waals surface area contributed by atoms with Crippen LogP contribution in [0.15, 0.2) is 36.4 Å². The Morgan fingerprint density at radius 2 is 0.936 bits per heavy atom. The van der Waals surface area contributed by atoms with Gasteiger partial charge in [0.1, 0.15) is 17.2 Å². The van der Waals surface area contributed by atoms with Crippen molar-refractivity contribution >= 4 is 17.6 Å². The quantitative estimate of drug-likeness (QED) is 0.201. The summed E-state index contributed by atoms with van der Waals surface area (Å²) in [5.41, 5.74) is 10.3. The van der Waals surface area contributed by atoms with E-state index in [-0.39, 0.29) is 11.8 Å². The lowest BCUT2D eigenvalue weighted by molar-refractivity contribution is 0.412. The van der Waals surface area contributed by atoms with Crippen molar-refractivity contribution in [1.29, 1.82) is 0 Å². The molecule has 0 radical (unpaired) electrons. The Balaban J connectivity index is 1.46. The van der Waals surface area contributed by atoms with Gasteiger partial charge in [0.25, 0.3) is 0 Å². The molecule has 3 aromatic rings. The number of hydrogen-bond acceptors (Lipinski definition) is 4. The van der Waals surface area contributed by atoms with Crippen LogP contribution in [0.4, 0.5) is 0 Å². The fourth-order valence-electron chi connectivity index (χ4n) is 9.50. The lowest BCUT2D eigenvalue weighted by Gasteiger charge is -2.31. The molecule has 252 valence electrons. The number of benzene rings is 3. The molecule has 3 fully saturated rings. The lowest BCUT2D eigenvalue weighted by atomic mass is 9.74. The highest BCUT2D eigenvalue weighted by Gasteiger charge is 2.30. The summed E-state index contributed by atoms with van der Waals surface area (Å²) in [6.07, 6.45) is 18.9. The molecule has 0 bridgehead atoms. The van der Waals surface area contributed by atoms with Crippen molar-refractivity contribution in [3.63, 3.8) is 0 Å². The molecule has 3 N–H and O–H groups in total. The average molecular weight is 653 g/mol. The van der Waals surface area contributed by atoms with E-state index in [2.05, 4.69) is 39.0 Å². The van der Waals surface area contributed by atoms with Crippen LogP contribution in [0.2, 0.25) is 0 Å². The molecule has 0 spiro atoms. The van der Waals surface area contributed by atoms with E-state index in [1.807, 2.05) is 18.2 Å². The van der Waals surface area contributed by atoms with Crippen LogP contribution in [0.5, 0.6) is 17.2 Å². The highest BCUT2D eigenvalue weighted by molar-refractivity contribution is 7.79. The second kappa shape index (κ2) is 15.1. The van der Waals surface area contributed by atoms with E-state index in [0.29, 0.717) is 35.0 Å². The molecule has 3 aliphatic carbocycles. The van der Waals surface area contributed by atoms with Crippen LogP contribution in [0.25, 0.3) is 0 Å². The third-order valence-corrected chi connectivity index (χ3v) is 12.4. The van der Waals surface area contributed by atoms with Gasteiger partial charge in [0, 0.05) is 11.3 Å². The van der Waals surface area contributed by atoms with E-state index in [4.69, 9.17) is 12.2 Å². The Hall–Kier alpha value is -2.85. The van der Waals surface area contributed by atoms with Crippen LogP contribution in [-0.4, -0.2) is 20.7 Å². The standard InChI is InChI=1S/C43H56O3S/c1-27(34-23-37(30-13-7-4-8-14-30)43(46)22-33(34)26-47)19-40(35-24-38(41(44)20-28(35)2)31-15-9-5-10-16-31)36-25-39(42(45)21-29(36)3)32-17-11-6-12-18-32/h20-27,30-32,40,44-46H,4-19H2,1-3H3. The number of phenols is 3. The molecule has 4 heteroatoms. The zero-order chi connectivity index (χ0) is 33.1. The minimum atomic E-state index is 0.0841. The van der Waals surface area contributed by atoms with Gasteiger partial charge in [-0.3, -0.25) is 0 Å². The summed E-state index contributed by atoms with van der Waals surface area (Å²) in [6.45, 7) is 6.63. The number of thiocarbonyl (C=S) groups is 1. The first-order valence-corrected chi connectivity index (χ1v) is 19.2. The van der Waals surface area contributed by atoms with Crippen molar-refractivity contribution in [2.45, 2.75) is 153 Å². The molecule has 0 amide bonds. The van der Waals surface area contributed by atoms with Gasteiger partial charge < -0.3 is 15.3 Å². The zero-order valence-corrected chi connectivity index (χ0v) is 29.8. The molecular formula is C43H56O3S. The van der Waals surface area contributed by atoms with Crippen molar-refractivity contribution < 1.29 is 15.3 Å². The van der Waals surface area contributed by atoms with Gasteiger partial charge in [-0.1, -0.05) is 95.1 Å². The van der Waals surface area contributed by atoms with E-state index in [1.165, 1.54) is 74.5 Å². The van der Waals surface area contributed by atoms with Crippen LogP contribution in [0, 0.1) is 13.8 Å². The predicted octanol–water partition coefficient (Wildman–Crippen LogP) is 12.2. The van der Waals surface area contributed by atoms with Crippen molar-refractivity contribution in [1.82, 2.24) is 0 Å². The van der Waals surface area contributed by atoms with Gasteiger partial charge in [-0.25, -0.2) is 0 Å². The summed E-state index contributed by atoms with van der Waals surface area (Å²) in [4.78, 5) is 0.